The van der Waals surface area contributed by atoms with E-state index >= 15 is 0 Å². The Morgan fingerprint density at radius 3 is 2.61 bits per heavy atom. The van der Waals surface area contributed by atoms with Gasteiger partial charge in [-0.15, -0.1) is 23.7 Å². The highest BCUT2D eigenvalue weighted by molar-refractivity contribution is 7.09. The van der Waals surface area contributed by atoms with Crippen LogP contribution in [0.25, 0.3) is 0 Å². The van der Waals surface area contributed by atoms with Crippen molar-refractivity contribution in [3.63, 3.8) is 0 Å². The number of benzene rings is 1. The van der Waals surface area contributed by atoms with Crippen LogP contribution in [0.4, 0.5) is 5.69 Å². The van der Waals surface area contributed by atoms with Gasteiger partial charge < -0.3 is 14.5 Å². The summed E-state index contributed by atoms with van der Waals surface area (Å²) in [7, 11) is -2.49. The molecule has 1 fully saturated rings. The van der Waals surface area contributed by atoms with Crippen LogP contribution in [0.15, 0.2) is 47.8 Å². The molecule has 0 spiro atoms. The summed E-state index contributed by atoms with van der Waals surface area (Å²) in [6, 6.07) is 13.8. The van der Waals surface area contributed by atoms with Gasteiger partial charge in [0.15, 0.2) is 0 Å². The lowest BCUT2D eigenvalue weighted by atomic mass is 9.85. The van der Waals surface area contributed by atoms with Gasteiger partial charge in [0, 0.05) is 43.7 Å². The zero-order valence-corrected chi connectivity index (χ0v) is 17.9. The highest BCUT2D eigenvalue weighted by Gasteiger charge is 2.42. The number of carbonyl (C=O) groups is 1. The molecule has 1 aliphatic heterocycles. The van der Waals surface area contributed by atoms with Crippen molar-refractivity contribution in [1.82, 2.24) is 4.90 Å². The minimum absolute atomic E-state index is 0. The third kappa shape index (κ3) is 5.35. The minimum atomic E-state index is -2.49. The standard InChI is InChI=1S/C22H30N2O2S.ClH/c1-3-21(25)24(19-8-5-4-6-9-19)22(18-26-2)12-15-23(16-13-22)14-11-20-10-7-17-27-20;/h4-10,17H,3,11-16,18H2,1-2H3;1H/i2D3;. The van der Waals surface area contributed by atoms with E-state index < -0.39 is 12.6 Å². The summed E-state index contributed by atoms with van der Waals surface area (Å²) in [5, 5.41) is 2.09. The molecule has 0 atom stereocenters. The summed E-state index contributed by atoms with van der Waals surface area (Å²) in [5.74, 6) is -0.0117. The predicted molar refractivity (Wildman–Crippen MR) is 120 cm³/mol. The molecule has 0 bridgehead atoms. The van der Waals surface area contributed by atoms with Crippen LogP contribution in [0.1, 0.15) is 35.2 Å². The maximum atomic E-state index is 13.0. The van der Waals surface area contributed by atoms with Crippen LogP contribution in [0.3, 0.4) is 0 Å². The van der Waals surface area contributed by atoms with Crippen LogP contribution < -0.4 is 4.90 Å². The van der Waals surface area contributed by atoms with E-state index in [0.717, 1.165) is 31.7 Å². The van der Waals surface area contributed by atoms with E-state index in [4.69, 9.17) is 8.85 Å². The Kier molecular flexibility index (Phi) is 7.29. The van der Waals surface area contributed by atoms with Gasteiger partial charge in [-0.05, 0) is 42.8 Å². The second kappa shape index (κ2) is 11.0. The van der Waals surface area contributed by atoms with Crippen molar-refractivity contribution < 1.29 is 13.6 Å². The third-order valence-electron chi connectivity index (χ3n) is 5.42. The molecule has 2 aromatic rings. The summed E-state index contributed by atoms with van der Waals surface area (Å²) < 4.78 is 27.9. The van der Waals surface area contributed by atoms with E-state index in [-0.39, 0.29) is 24.9 Å². The second-order valence-electron chi connectivity index (χ2n) is 7.10. The van der Waals surface area contributed by atoms with Crippen molar-refractivity contribution in [3.8, 4) is 0 Å². The Balaban J connectivity index is 0.00000341. The molecule has 3 rings (SSSR count). The number of thiophene rings is 1. The molecule has 4 nitrogen and oxygen atoms in total. The Hall–Kier alpha value is -1.40. The molecule has 154 valence electrons. The van der Waals surface area contributed by atoms with E-state index in [1.165, 1.54) is 4.88 Å². The number of halogens is 1. The highest BCUT2D eigenvalue weighted by Crippen LogP contribution is 2.34. The molecule has 0 saturated carbocycles. The van der Waals surface area contributed by atoms with Gasteiger partial charge in [0.2, 0.25) is 5.91 Å². The number of hydrogen-bond acceptors (Lipinski definition) is 4. The van der Waals surface area contributed by atoms with E-state index in [9.17, 15) is 4.79 Å². The number of anilines is 1. The van der Waals surface area contributed by atoms with Gasteiger partial charge >= 0.3 is 0 Å². The average molecular weight is 426 g/mol. The number of para-hydroxylation sites is 1. The smallest absolute Gasteiger partial charge is 0.227 e. The lowest BCUT2D eigenvalue weighted by molar-refractivity contribution is -0.120. The molecule has 28 heavy (non-hydrogen) atoms. The van der Waals surface area contributed by atoms with Gasteiger partial charge in [0.1, 0.15) is 0 Å². The summed E-state index contributed by atoms with van der Waals surface area (Å²) in [5.41, 5.74) is 0.132. The number of likely N-dealkylation sites (tertiary alicyclic amines) is 1. The van der Waals surface area contributed by atoms with Crippen molar-refractivity contribution in [1.29, 1.82) is 0 Å². The van der Waals surface area contributed by atoms with Gasteiger partial charge in [-0.25, -0.2) is 0 Å². The number of carbonyl (C=O) groups excluding carboxylic acids is 1. The highest BCUT2D eigenvalue weighted by atomic mass is 35.5. The quantitative estimate of drug-likeness (QED) is 0.617. The number of piperidine rings is 1. The zero-order chi connectivity index (χ0) is 21.6. The fraction of sp³-hybridized carbons (Fsp3) is 0.500. The zero-order valence-electron chi connectivity index (χ0n) is 19.3. The van der Waals surface area contributed by atoms with E-state index in [1.807, 2.05) is 37.3 Å². The van der Waals surface area contributed by atoms with Gasteiger partial charge in [0.25, 0.3) is 0 Å². The first-order valence-electron chi connectivity index (χ1n) is 11.1. The Morgan fingerprint density at radius 2 is 2.00 bits per heavy atom. The number of ether oxygens (including phenoxy) is 1. The lowest BCUT2D eigenvalue weighted by Crippen LogP contribution is -2.60. The molecule has 0 aliphatic carbocycles. The van der Waals surface area contributed by atoms with Gasteiger partial charge in [0.05, 0.1) is 16.3 Å². The molecule has 1 aromatic carbocycles. The first-order valence-corrected chi connectivity index (χ1v) is 10.5. The number of amides is 1. The first kappa shape index (κ1) is 18.6. The van der Waals surface area contributed by atoms with Crippen LogP contribution in [0, 0.1) is 0 Å². The van der Waals surface area contributed by atoms with Crippen LogP contribution in [0.2, 0.25) is 0 Å². The number of rotatable bonds is 8. The molecule has 1 aliphatic rings. The van der Waals surface area contributed by atoms with Gasteiger partial charge in [-0.1, -0.05) is 31.2 Å². The van der Waals surface area contributed by atoms with Crippen LogP contribution in [-0.4, -0.2) is 49.6 Å². The summed E-state index contributed by atoms with van der Waals surface area (Å²) >= 11 is 1.77. The largest absolute Gasteiger partial charge is 0.382 e. The van der Waals surface area contributed by atoms with Crippen molar-refractivity contribution in [3.05, 3.63) is 52.7 Å². The van der Waals surface area contributed by atoms with Crippen molar-refractivity contribution in [2.24, 2.45) is 0 Å². The Morgan fingerprint density at radius 1 is 1.25 bits per heavy atom. The van der Waals surface area contributed by atoms with Crippen LogP contribution in [-0.2, 0) is 16.0 Å². The maximum absolute atomic E-state index is 13.0. The molecule has 1 aromatic heterocycles. The SMILES string of the molecule is Cl.[2H]C([2H])([2H])OCC1(N(C(=O)CC)c2ccccc2)CCN(CCc2cccs2)CC1. The molecule has 1 saturated heterocycles. The fourth-order valence-corrected chi connectivity index (χ4v) is 4.60. The molecule has 6 heteroatoms. The predicted octanol–water partition coefficient (Wildman–Crippen LogP) is 4.64. The van der Waals surface area contributed by atoms with Crippen LogP contribution >= 0.6 is 23.7 Å². The molecule has 1 amide bonds. The number of hydrogen-bond donors (Lipinski definition) is 0. The van der Waals surface area contributed by atoms with Crippen molar-refractivity contribution >= 4 is 35.3 Å². The molecular weight excluding hydrogens is 392 g/mol. The monoisotopic (exact) mass is 425 g/mol. The molecular formula is C22H31ClN2O2S. The number of nitrogens with zero attached hydrogens (tertiary/aromatic N) is 2. The van der Waals surface area contributed by atoms with Gasteiger partial charge in [-0.2, -0.15) is 0 Å². The van der Waals surface area contributed by atoms with E-state index in [1.54, 1.807) is 16.2 Å². The lowest BCUT2D eigenvalue weighted by Gasteiger charge is -2.48. The molecule has 0 unspecified atom stereocenters. The number of methoxy groups -OCH3 is 1. The van der Waals surface area contributed by atoms with E-state index in [0.29, 0.717) is 19.3 Å². The molecule has 0 radical (unpaired) electrons. The first-order chi connectivity index (χ1) is 14.3. The summed E-state index contributed by atoms with van der Waals surface area (Å²) in [4.78, 5) is 18.6. The van der Waals surface area contributed by atoms with Crippen LogP contribution in [0.5, 0.6) is 0 Å². The second-order valence-corrected chi connectivity index (χ2v) is 8.13. The minimum Gasteiger partial charge on any atom is -0.382 e. The Labute approximate surface area is 183 Å². The summed E-state index contributed by atoms with van der Waals surface area (Å²) in [6.07, 6.45) is 2.71. The topological polar surface area (TPSA) is 32.8 Å². The van der Waals surface area contributed by atoms with Crippen molar-refractivity contribution in [2.75, 3.05) is 38.2 Å². The van der Waals surface area contributed by atoms with Gasteiger partial charge in [-0.3, -0.25) is 4.79 Å². The summed E-state index contributed by atoms with van der Waals surface area (Å²) in [6.45, 7) is 4.41. The maximum Gasteiger partial charge on any atom is 0.227 e. The van der Waals surface area contributed by atoms with E-state index in [2.05, 4.69) is 22.4 Å². The Bertz CT molecular complexity index is 795. The average Bonchev–Trinajstić information content (AvgIpc) is 3.26. The third-order valence-corrected chi connectivity index (χ3v) is 6.36. The molecule has 2 heterocycles. The van der Waals surface area contributed by atoms with Crippen molar-refractivity contribution in [2.45, 2.75) is 38.1 Å². The normalized spacial score (nSPS) is 18.4. The molecule has 0 N–H and O–H groups in total. The fourth-order valence-electron chi connectivity index (χ4n) is 3.90.